The molecule has 0 unspecified atom stereocenters. The summed E-state index contributed by atoms with van der Waals surface area (Å²) in [6.45, 7) is 5.80. The maximum absolute atomic E-state index is 13.1. The zero-order valence-corrected chi connectivity index (χ0v) is 19.4. The van der Waals surface area contributed by atoms with Crippen molar-refractivity contribution in [2.75, 3.05) is 6.54 Å². The highest BCUT2D eigenvalue weighted by atomic mass is 19.4. The molecule has 0 fully saturated rings. The largest absolute Gasteiger partial charge is 0.453 e. The van der Waals surface area contributed by atoms with E-state index in [9.17, 15) is 18.0 Å². The van der Waals surface area contributed by atoms with E-state index >= 15 is 0 Å². The number of rotatable bonds is 7. The minimum absolute atomic E-state index is 0.00593. The quantitative estimate of drug-likeness (QED) is 0.195. The number of carbonyl (C=O) groups excluding carboxylic acids is 1. The number of aromatic nitrogens is 2. The molecule has 1 heterocycles. The molecule has 1 aromatic heterocycles. The van der Waals surface area contributed by atoms with Crippen molar-refractivity contribution >= 4 is 11.7 Å². The summed E-state index contributed by atoms with van der Waals surface area (Å²) in [5.74, 6) is -0.505. The summed E-state index contributed by atoms with van der Waals surface area (Å²) in [5, 5.41) is 18.7. The number of ether oxygens (including phenoxy) is 1. The lowest BCUT2D eigenvalue weighted by molar-refractivity contribution is -0.137. The summed E-state index contributed by atoms with van der Waals surface area (Å²) in [4.78, 5) is 13.1. The lowest BCUT2D eigenvalue weighted by Gasteiger charge is -2.22. The third-order valence-corrected chi connectivity index (χ3v) is 5.03. The van der Waals surface area contributed by atoms with Crippen LogP contribution in [0.1, 0.15) is 48.0 Å². The predicted molar refractivity (Wildman–Crippen MR) is 124 cm³/mol. The Morgan fingerprint density at radius 2 is 1.86 bits per heavy atom. The molecule has 2 aromatic carbocycles. The number of hydrogen-bond acceptors (Lipinski definition) is 5. The predicted octanol–water partition coefficient (Wildman–Crippen LogP) is 4.52. The van der Waals surface area contributed by atoms with Gasteiger partial charge in [0.1, 0.15) is 5.75 Å². The summed E-state index contributed by atoms with van der Waals surface area (Å²) in [7, 11) is 0. The first-order chi connectivity index (χ1) is 16.4. The lowest BCUT2D eigenvalue weighted by Crippen LogP contribution is -2.33. The number of amides is 1. The lowest BCUT2D eigenvalue weighted by atomic mass is 10.1. The average molecular weight is 489 g/mol. The molecular weight excluding hydrogens is 463 g/mol. The van der Waals surface area contributed by atoms with Crippen molar-refractivity contribution in [1.29, 1.82) is 0 Å². The molecule has 11 heteroatoms. The highest BCUT2D eigenvalue weighted by molar-refractivity contribution is 5.97. The van der Waals surface area contributed by atoms with Gasteiger partial charge in [0.05, 0.1) is 17.3 Å². The molecule has 4 N–H and O–H groups in total. The van der Waals surface area contributed by atoms with Crippen molar-refractivity contribution in [2.24, 2.45) is 10.9 Å². The molecule has 0 bridgehead atoms. The first kappa shape index (κ1) is 25.6. The molecule has 0 radical (unpaired) electrons. The number of carbonyl (C=O) groups is 1. The van der Waals surface area contributed by atoms with Gasteiger partial charge in [-0.2, -0.15) is 18.3 Å². The molecule has 0 saturated heterocycles. The summed E-state index contributed by atoms with van der Waals surface area (Å²) < 4.78 is 46.4. The molecule has 8 nitrogen and oxygen atoms in total. The van der Waals surface area contributed by atoms with Crippen LogP contribution in [0.25, 0.3) is 0 Å². The van der Waals surface area contributed by atoms with Crippen molar-refractivity contribution in [3.63, 3.8) is 0 Å². The van der Waals surface area contributed by atoms with Crippen LogP contribution >= 0.6 is 0 Å². The van der Waals surface area contributed by atoms with Gasteiger partial charge in [-0.25, -0.2) is 0 Å². The first-order valence-electron chi connectivity index (χ1n) is 10.7. The summed E-state index contributed by atoms with van der Waals surface area (Å²) in [6, 6.07) is 11.4. The highest BCUT2D eigenvalue weighted by Crippen LogP contribution is 2.34. The zero-order valence-electron chi connectivity index (χ0n) is 19.4. The van der Waals surface area contributed by atoms with Crippen LogP contribution in [0.15, 0.2) is 59.9 Å². The molecule has 35 heavy (non-hydrogen) atoms. The third-order valence-electron chi connectivity index (χ3n) is 5.03. The number of hydrogen-bond donors (Lipinski definition) is 3. The zero-order chi connectivity index (χ0) is 25.8. The van der Waals surface area contributed by atoms with Gasteiger partial charge in [-0.3, -0.25) is 9.48 Å². The topological polar surface area (TPSA) is 115 Å². The SMILES string of the molecule is CC(C)(C)n1ncc(Oc2cccc(C(F)(F)F)c2)c1C(=O)NCCc1ccc(C(N)=NO)cc1. The summed E-state index contributed by atoms with van der Waals surface area (Å²) in [5.41, 5.74) is 5.67. The van der Waals surface area contributed by atoms with E-state index in [1.807, 2.05) is 20.8 Å². The summed E-state index contributed by atoms with van der Waals surface area (Å²) in [6.07, 6.45) is -2.72. The Morgan fingerprint density at radius 3 is 2.46 bits per heavy atom. The van der Waals surface area contributed by atoms with Crippen molar-refractivity contribution in [1.82, 2.24) is 15.1 Å². The number of nitrogens with two attached hydrogens (primary N) is 1. The first-order valence-corrected chi connectivity index (χ1v) is 10.7. The normalized spacial score (nSPS) is 12.5. The minimum Gasteiger partial charge on any atom is -0.453 e. The summed E-state index contributed by atoms with van der Waals surface area (Å²) >= 11 is 0. The molecule has 0 saturated carbocycles. The number of benzene rings is 2. The van der Waals surface area contributed by atoms with Crippen LogP contribution in [0.2, 0.25) is 0 Å². The molecule has 1 amide bonds. The Morgan fingerprint density at radius 1 is 1.17 bits per heavy atom. The highest BCUT2D eigenvalue weighted by Gasteiger charge is 2.31. The number of nitrogens with zero attached hydrogens (tertiary/aromatic N) is 3. The van der Waals surface area contributed by atoms with Gasteiger partial charge < -0.3 is 21.0 Å². The van der Waals surface area contributed by atoms with E-state index in [0.717, 1.165) is 17.7 Å². The second kappa shape index (κ2) is 10.1. The fraction of sp³-hybridized carbons (Fsp3) is 0.292. The maximum Gasteiger partial charge on any atom is 0.416 e. The number of halogens is 3. The van der Waals surface area contributed by atoms with Crippen LogP contribution in [0.4, 0.5) is 13.2 Å². The van der Waals surface area contributed by atoms with Crippen LogP contribution < -0.4 is 15.8 Å². The smallest absolute Gasteiger partial charge is 0.416 e. The van der Waals surface area contributed by atoms with E-state index in [0.29, 0.717) is 12.0 Å². The van der Waals surface area contributed by atoms with Gasteiger partial charge in [0.2, 0.25) is 0 Å². The molecule has 3 aromatic rings. The Bertz CT molecular complexity index is 1210. The molecule has 0 aliphatic heterocycles. The fourth-order valence-corrected chi connectivity index (χ4v) is 3.29. The molecule has 3 rings (SSSR count). The van der Waals surface area contributed by atoms with Gasteiger partial charge in [-0.05, 0) is 51.0 Å². The Balaban J connectivity index is 1.77. The number of amidine groups is 1. The van der Waals surface area contributed by atoms with Crippen LogP contribution in [-0.4, -0.2) is 33.3 Å². The van der Waals surface area contributed by atoms with Crippen LogP contribution in [0.3, 0.4) is 0 Å². The van der Waals surface area contributed by atoms with Crippen molar-refractivity contribution in [3.8, 4) is 11.5 Å². The second-order valence-electron chi connectivity index (χ2n) is 8.76. The number of alkyl halides is 3. The Kier molecular flexibility index (Phi) is 7.37. The van der Waals surface area contributed by atoms with Crippen LogP contribution in [0, 0.1) is 0 Å². The van der Waals surface area contributed by atoms with Gasteiger partial charge in [0, 0.05) is 12.1 Å². The van der Waals surface area contributed by atoms with Gasteiger partial charge >= 0.3 is 6.18 Å². The van der Waals surface area contributed by atoms with Crippen LogP contribution in [0.5, 0.6) is 11.5 Å². The van der Waals surface area contributed by atoms with E-state index in [1.54, 1.807) is 24.3 Å². The van der Waals surface area contributed by atoms with E-state index in [2.05, 4.69) is 15.6 Å². The molecule has 0 aliphatic rings. The fourth-order valence-electron chi connectivity index (χ4n) is 3.29. The molecule has 0 atom stereocenters. The van der Waals surface area contributed by atoms with Gasteiger partial charge in [-0.1, -0.05) is 35.5 Å². The van der Waals surface area contributed by atoms with E-state index in [1.165, 1.54) is 23.0 Å². The number of nitrogens with one attached hydrogen (secondary N) is 1. The minimum atomic E-state index is -4.52. The molecular formula is C24H26F3N5O3. The number of oxime groups is 1. The second-order valence-corrected chi connectivity index (χ2v) is 8.76. The molecule has 0 aliphatic carbocycles. The van der Waals surface area contributed by atoms with Gasteiger partial charge in [0.25, 0.3) is 5.91 Å². The van der Waals surface area contributed by atoms with Crippen LogP contribution in [-0.2, 0) is 18.1 Å². The van der Waals surface area contributed by atoms with Crippen molar-refractivity contribution in [3.05, 3.63) is 77.1 Å². The van der Waals surface area contributed by atoms with Gasteiger partial charge in [0.15, 0.2) is 17.3 Å². The molecule has 0 spiro atoms. The van der Waals surface area contributed by atoms with E-state index < -0.39 is 23.2 Å². The maximum atomic E-state index is 13.1. The van der Waals surface area contributed by atoms with E-state index in [4.69, 9.17) is 15.7 Å². The Labute approximate surface area is 200 Å². The van der Waals surface area contributed by atoms with Gasteiger partial charge in [-0.15, -0.1) is 0 Å². The average Bonchev–Trinajstić information content (AvgIpc) is 3.23. The molecule has 186 valence electrons. The monoisotopic (exact) mass is 489 g/mol. The standard InChI is InChI=1S/C24H26F3N5O3/c1-23(2,3)32-20(19(14-30-32)35-18-6-4-5-17(13-18)24(25,26)27)22(33)29-12-11-15-7-9-16(10-8-15)21(28)31-34/h4-10,13-14,34H,11-12H2,1-3H3,(H2,28,31)(H,29,33). The van der Waals surface area contributed by atoms with E-state index in [-0.39, 0.29) is 29.6 Å². The van der Waals surface area contributed by atoms with Crippen molar-refractivity contribution in [2.45, 2.75) is 38.9 Å². The Hall–Kier alpha value is -4.02. The third kappa shape index (κ3) is 6.31. The van der Waals surface area contributed by atoms with Crippen molar-refractivity contribution < 1.29 is 27.9 Å².